The maximum absolute atomic E-state index is 12.6. The normalized spacial score (nSPS) is 14.8. The summed E-state index contributed by atoms with van der Waals surface area (Å²) in [6, 6.07) is 18.7. The predicted octanol–water partition coefficient (Wildman–Crippen LogP) is 5.44. The number of para-hydroxylation sites is 1. The van der Waals surface area contributed by atoms with Gasteiger partial charge in [-0.15, -0.1) is 0 Å². The lowest BCUT2D eigenvalue weighted by molar-refractivity contribution is 0.0731. The van der Waals surface area contributed by atoms with E-state index in [9.17, 15) is 10.1 Å². The van der Waals surface area contributed by atoms with Crippen LogP contribution in [0.25, 0.3) is 0 Å². The fourth-order valence-corrected chi connectivity index (χ4v) is 4.17. The van der Waals surface area contributed by atoms with Gasteiger partial charge in [0.15, 0.2) is 0 Å². The third-order valence-corrected chi connectivity index (χ3v) is 5.68. The molecule has 1 unspecified atom stereocenters. The average Bonchev–Trinajstić information content (AvgIpc) is 2.78. The number of fused-ring (bicyclic) bond motifs is 1. The molecule has 4 rings (SSSR count). The molecule has 0 spiro atoms. The number of rotatable bonds is 4. The molecule has 3 aromatic carbocycles. The number of benzene rings is 3. The molecule has 8 heteroatoms. The Morgan fingerprint density at radius 2 is 1.81 bits per heavy atom. The molecule has 0 bridgehead atoms. The van der Waals surface area contributed by atoms with Crippen molar-refractivity contribution in [2.24, 2.45) is 5.73 Å². The van der Waals surface area contributed by atoms with E-state index >= 15 is 0 Å². The molecule has 32 heavy (non-hydrogen) atoms. The molecule has 0 fully saturated rings. The highest BCUT2D eigenvalue weighted by atomic mass is 35.5. The topological polar surface area (TPSA) is 94.6 Å². The maximum Gasteiger partial charge on any atom is 0.347 e. The molecule has 0 amide bonds. The Balaban J connectivity index is 1.74. The number of hydrogen-bond donors (Lipinski definition) is 1. The molecule has 3 aromatic rings. The molecule has 1 aliphatic rings. The Labute approximate surface area is 194 Å². The highest BCUT2D eigenvalue weighted by molar-refractivity contribution is 6.36. The maximum atomic E-state index is 12.6. The van der Waals surface area contributed by atoms with Gasteiger partial charge in [-0.3, -0.25) is 0 Å². The first-order valence-corrected chi connectivity index (χ1v) is 10.2. The standard InChI is InChI=1S/C24H16Cl2N2O4/c1-30-19-8-3-2-5-15(19)24(29)31-13-9-10-14-20(11-13)32-23(28)16(12-27)21(14)22-17(25)6-4-7-18(22)26/h2-11,21H,28H2,1H3. The van der Waals surface area contributed by atoms with Crippen LogP contribution in [0.5, 0.6) is 17.2 Å². The van der Waals surface area contributed by atoms with Crippen LogP contribution in [0, 0.1) is 11.3 Å². The second kappa shape index (κ2) is 8.83. The molecule has 1 aliphatic heterocycles. The van der Waals surface area contributed by atoms with E-state index in [0.29, 0.717) is 32.7 Å². The number of hydrogen-bond acceptors (Lipinski definition) is 6. The molecule has 0 aliphatic carbocycles. The van der Waals surface area contributed by atoms with Crippen LogP contribution in [-0.2, 0) is 0 Å². The zero-order valence-corrected chi connectivity index (χ0v) is 18.3. The minimum atomic E-state index is -0.635. The van der Waals surface area contributed by atoms with E-state index in [2.05, 4.69) is 6.07 Å². The first-order chi connectivity index (χ1) is 15.4. The van der Waals surface area contributed by atoms with Crippen LogP contribution in [-0.4, -0.2) is 13.1 Å². The largest absolute Gasteiger partial charge is 0.496 e. The fourth-order valence-electron chi connectivity index (χ4n) is 3.56. The number of halogens is 2. The van der Waals surface area contributed by atoms with Gasteiger partial charge in [-0.05, 0) is 30.3 Å². The molecule has 2 N–H and O–H groups in total. The molecule has 0 saturated heterocycles. The predicted molar refractivity (Wildman–Crippen MR) is 120 cm³/mol. The van der Waals surface area contributed by atoms with Gasteiger partial charge in [0.05, 0.1) is 13.0 Å². The quantitative estimate of drug-likeness (QED) is 0.406. The van der Waals surface area contributed by atoms with Crippen LogP contribution in [0.1, 0.15) is 27.4 Å². The van der Waals surface area contributed by atoms with E-state index in [-0.39, 0.29) is 22.8 Å². The summed E-state index contributed by atoms with van der Waals surface area (Å²) in [5.41, 5.74) is 7.66. The highest BCUT2D eigenvalue weighted by Gasteiger charge is 2.33. The van der Waals surface area contributed by atoms with Crippen molar-refractivity contribution in [1.82, 2.24) is 0 Å². The summed E-state index contributed by atoms with van der Waals surface area (Å²) >= 11 is 12.8. The molecule has 0 aromatic heterocycles. The van der Waals surface area contributed by atoms with Crippen molar-refractivity contribution >= 4 is 29.2 Å². The molecular weight excluding hydrogens is 451 g/mol. The van der Waals surface area contributed by atoms with Crippen LogP contribution in [0.2, 0.25) is 10.0 Å². The van der Waals surface area contributed by atoms with Crippen LogP contribution >= 0.6 is 23.2 Å². The van der Waals surface area contributed by atoms with Crippen molar-refractivity contribution in [2.75, 3.05) is 7.11 Å². The molecular formula is C24H16Cl2N2O4. The first-order valence-electron chi connectivity index (χ1n) is 9.45. The third-order valence-electron chi connectivity index (χ3n) is 5.02. The van der Waals surface area contributed by atoms with Gasteiger partial charge in [0, 0.05) is 27.2 Å². The number of carbonyl (C=O) groups is 1. The molecule has 1 atom stereocenters. The van der Waals surface area contributed by atoms with Crippen molar-refractivity contribution in [3.05, 3.63) is 98.9 Å². The lowest BCUT2D eigenvalue weighted by Gasteiger charge is -2.27. The lowest BCUT2D eigenvalue weighted by Crippen LogP contribution is -2.21. The van der Waals surface area contributed by atoms with Crippen LogP contribution in [0.4, 0.5) is 0 Å². The van der Waals surface area contributed by atoms with Gasteiger partial charge in [0.1, 0.15) is 34.5 Å². The monoisotopic (exact) mass is 466 g/mol. The summed E-state index contributed by atoms with van der Waals surface area (Å²) in [5, 5.41) is 10.5. The van der Waals surface area contributed by atoms with Crippen molar-refractivity contribution in [3.8, 4) is 23.3 Å². The van der Waals surface area contributed by atoms with Crippen LogP contribution < -0.4 is 19.9 Å². The van der Waals surface area contributed by atoms with Gasteiger partial charge in [0.2, 0.25) is 5.88 Å². The Morgan fingerprint density at radius 3 is 2.50 bits per heavy atom. The SMILES string of the molecule is COc1ccccc1C(=O)Oc1ccc2c(c1)OC(N)=C(C#N)C2c1c(Cl)cccc1Cl. The second-order valence-electron chi connectivity index (χ2n) is 6.85. The Bertz CT molecular complexity index is 1280. The zero-order chi connectivity index (χ0) is 22.8. The van der Waals surface area contributed by atoms with Gasteiger partial charge in [-0.2, -0.15) is 5.26 Å². The van der Waals surface area contributed by atoms with Gasteiger partial charge >= 0.3 is 5.97 Å². The van der Waals surface area contributed by atoms with Crippen molar-refractivity contribution < 1.29 is 19.0 Å². The summed E-state index contributed by atoms with van der Waals surface area (Å²) in [6.45, 7) is 0. The summed E-state index contributed by atoms with van der Waals surface area (Å²) in [5.74, 6) is -0.348. The minimum Gasteiger partial charge on any atom is -0.496 e. The van der Waals surface area contributed by atoms with Crippen molar-refractivity contribution in [1.29, 1.82) is 5.26 Å². The van der Waals surface area contributed by atoms with E-state index in [1.54, 1.807) is 54.6 Å². The number of ether oxygens (including phenoxy) is 3. The first kappa shape index (κ1) is 21.6. The van der Waals surface area contributed by atoms with E-state index in [1.165, 1.54) is 13.2 Å². The second-order valence-corrected chi connectivity index (χ2v) is 7.66. The average molecular weight is 467 g/mol. The number of allylic oxidation sites excluding steroid dienone is 1. The van der Waals surface area contributed by atoms with E-state index in [0.717, 1.165) is 0 Å². The zero-order valence-electron chi connectivity index (χ0n) is 16.8. The molecule has 0 radical (unpaired) electrons. The van der Waals surface area contributed by atoms with Crippen LogP contribution in [0.15, 0.2) is 72.1 Å². The Kier molecular flexibility index (Phi) is 5.95. The van der Waals surface area contributed by atoms with Crippen LogP contribution in [0.3, 0.4) is 0 Å². The highest BCUT2D eigenvalue weighted by Crippen LogP contribution is 2.47. The minimum absolute atomic E-state index is 0.0748. The smallest absolute Gasteiger partial charge is 0.347 e. The number of methoxy groups -OCH3 is 1. The fraction of sp³-hybridized carbons (Fsp3) is 0.0833. The molecule has 6 nitrogen and oxygen atoms in total. The summed E-state index contributed by atoms with van der Waals surface area (Å²) in [4.78, 5) is 12.6. The molecule has 160 valence electrons. The van der Waals surface area contributed by atoms with Crippen molar-refractivity contribution in [2.45, 2.75) is 5.92 Å². The summed E-state index contributed by atoms with van der Waals surface area (Å²) in [7, 11) is 1.47. The number of nitrogens with two attached hydrogens (primary N) is 1. The summed E-state index contributed by atoms with van der Waals surface area (Å²) < 4.78 is 16.4. The van der Waals surface area contributed by atoms with E-state index in [4.69, 9.17) is 43.1 Å². The van der Waals surface area contributed by atoms with Gasteiger partial charge in [-0.25, -0.2) is 4.79 Å². The number of nitrogens with zero attached hydrogens (tertiary/aromatic N) is 1. The molecule has 0 saturated carbocycles. The van der Waals surface area contributed by atoms with E-state index in [1.807, 2.05) is 0 Å². The van der Waals surface area contributed by atoms with E-state index < -0.39 is 11.9 Å². The summed E-state index contributed by atoms with van der Waals surface area (Å²) in [6.07, 6.45) is 0. The van der Waals surface area contributed by atoms with Gasteiger partial charge in [0.25, 0.3) is 0 Å². The number of nitriles is 1. The van der Waals surface area contributed by atoms with Gasteiger partial charge < -0.3 is 19.9 Å². The lowest BCUT2D eigenvalue weighted by atomic mass is 9.83. The third kappa shape index (κ3) is 3.84. The Morgan fingerprint density at radius 1 is 1.09 bits per heavy atom. The van der Waals surface area contributed by atoms with Crippen molar-refractivity contribution in [3.63, 3.8) is 0 Å². The number of esters is 1. The number of carbonyl (C=O) groups excluding carboxylic acids is 1. The molecule has 1 heterocycles. The Hall–Kier alpha value is -3.66. The van der Waals surface area contributed by atoms with Gasteiger partial charge in [-0.1, -0.05) is 47.5 Å².